The lowest BCUT2D eigenvalue weighted by Gasteiger charge is -2.24. The van der Waals surface area contributed by atoms with Crippen LogP contribution in [0, 0.1) is 12.7 Å². The first-order chi connectivity index (χ1) is 11.6. The summed E-state index contributed by atoms with van der Waals surface area (Å²) in [6.07, 6.45) is 2.14. The van der Waals surface area contributed by atoms with Crippen LogP contribution in [0.15, 0.2) is 18.2 Å². The number of hydrogen-bond donors (Lipinski definition) is 0. The van der Waals surface area contributed by atoms with Gasteiger partial charge < -0.3 is 14.5 Å². The molecular weight excluding hydrogens is 311 g/mol. The predicted molar refractivity (Wildman–Crippen MR) is 87.2 cm³/mol. The zero-order valence-corrected chi connectivity index (χ0v) is 14.0. The van der Waals surface area contributed by atoms with Gasteiger partial charge in [0.05, 0.1) is 0 Å². The molecule has 6 heteroatoms. The summed E-state index contributed by atoms with van der Waals surface area (Å²) >= 11 is 0. The minimum atomic E-state index is -0.313. The highest BCUT2D eigenvalue weighted by molar-refractivity contribution is 5.94. The van der Waals surface area contributed by atoms with E-state index in [1.54, 1.807) is 22.8 Å². The summed E-state index contributed by atoms with van der Waals surface area (Å²) in [6, 6.07) is 4.43. The van der Waals surface area contributed by atoms with Gasteiger partial charge in [0, 0.05) is 38.3 Å². The number of halogens is 1. The second-order valence-corrected chi connectivity index (χ2v) is 6.44. The molecule has 3 rings (SSSR count). The molecule has 0 saturated carbocycles. The van der Waals surface area contributed by atoms with Gasteiger partial charge in [-0.2, -0.15) is 0 Å². The molecule has 1 aromatic rings. The van der Waals surface area contributed by atoms with Crippen LogP contribution in [0.4, 0.5) is 4.39 Å². The fourth-order valence-electron chi connectivity index (χ4n) is 3.28. The Kier molecular flexibility index (Phi) is 5.14. The van der Waals surface area contributed by atoms with Gasteiger partial charge in [-0.1, -0.05) is 0 Å². The Hall–Kier alpha value is -1.95. The molecule has 2 fully saturated rings. The third-order valence-corrected chi connectivity index (χ3v) is 4.70. The number of carbonyl (C=O) groups is 2. The van der Waals surface area contributed by atoms with Crippen LogP contribution in [-0.2, 0) is 9.53 Å². The van der Waals surface area contributed by atoms with E-state index in [9.17, 15) is 14.0 Å². The largest absolute Gasteiger partial charge is 0.368 e. The number of ether oxygens (including phenoxy) is 1. The molecule has 2 amide bonds. The summed E-state index contributed by atoms with van der Waals surface area (Å²) in [5.74, 6) is -0.375. The van der Waals surface area contributed by atoms with E-state index in [1.807, 2.05) is 0 Å². The minimum Gasteiger partial charge on any atom is -0.368 e. The number of nitrogens with zero attached hydrogens (tertiary/aromatic N) is 2. The molecule has 24 heavy (non-hydrogen) atoms. The molecule has 0 radical (unpaired) electrons. The van der Waals surface area contributed by atoms with Crippen molar-refractivity contribution < 1.29 is 18.7 Å². The fraction of sp³-hybridized carbons (Fsp3) is 0.556. The van der Waals surface area contributed by atoms with Crippen molar-refractivity contribution >= 4 is 11.8 Å². The lowest BCUT2D eigenvalue weighted by atomic mass is 10.1. The van der Waals surface area contributed by atoms with Gasteiger partial charge >= 0.3 is 0 Å². The second kappa shape index (κ2) is 7.30. The molecule has 0 aliphatic carbocycles. The summed E-state index contributed by atoms with van der Waals surface area (Å²) in [7, 11) is 0. The Morgan fingerprint density at radius 2 is 1.88 bits per heavy atom. The summed E-state index contributed by atoms with van der Waals surface area (Å²) < 4.78 is 18.8. The Balaban J connectivity index is 1.63. The van der Waals surface area contributed by atoms with Gasteiger partial charge in [-0.25, -0.2) is 4.39 Å². The standard InChI is InChI=1S/C18H23FN2O3/c1-13-12-14(5-6-15(13)19)17(22)20-7-3-8-21(10-9-20)18(23)16-4-2-11-24-16/h5-6,12,16H,2-4,7-11H2,1H3. The molecule has 2 aliphatic rings. The van der Waals surface area contributed by atoms with Gasteiger partial charge in [-0.05, 0) is 49.9 Å². The maximum Gasteiger partial charge on any atom is 0.253 e. The molecule has 0 bridgehead atoms. The van der Waals surface area contributed by atoms with E-state index in [4.69, 9.17) is 4.74 Å². The zero-order valence-electron chi connectivity index (χ0n) is 14.0. The van der Waals surface area contributed by atoms with Crippen molar-refractivity contribution in [1.82, 2.24) is 9.80 Å². The molecule has 5 nitrogen and oxygen atoms in total. The Bertz CT molecular complexity index is 629. The minimum absolute atomic E-state index is 0.0411. The summed E-state index contributed by atoms with van der Waals surface area (Å²) in [5, 5.41) is 0. The van der Waals surface area contributed by atoms with Crippen molar-refractivity contribution in [2.45, 2.75) is 32.3 Å². The van der Waals surface area contributed by atoms with Gasteiger partial charge in [-0.15, -0.1) is 0 Å². The number of aryl methyl sites for hydroxylation is 1. The number of benzene rings is 1. The van der Waals surface area contributed by atoms with Gasteiger partial charge in [0.15, 0.2) is 0 Å². The fourth-order valence-corrected chi connectivity index (χ4v) is 3.28. The number of amides is 2. The van der Waals surface area contributed by atoms with Crippen LogP contribution in [0.25, 0.3) is 0 Å². The topological polar surface area (TPSA) is 49.9 Å². The SMILES string of the molecule is Cc1cc(C(=O)N2CCCN(C(=O)C3CCCO3)CC2)ccc1F. The second-order valence-electron chi connectivity index (χ2n) is 6.44. The molecule has 1 unspecified atom stereocenters. The number of hydrogen-bond acceptors (Lipinski definition) is 3. The molecule has 2 aliphatic heterocycles. The van der Waals surface area contributed by atoms with Crippen molar-refractivity contribution in [3.63, 3.8) is 0 Å². The van der Waals surface area contributed by atoms with Crippen molar-refractivity contribution in [2.24, 2.45) is 0 Å². The lowest BCUT2D eigenvalue weighted by Crippen LogP contribution is -2.41. The average molecular weight is 334 g/mol. The summed E-state index contributed by atoms with van der Waals surface area (Å²) in [5.41, 5.74) is 0.957. The zero-order chi connectivity index (χ0) is 17.1. The molecule has 0 spiro atoms. The highest BCUT2D eigenvalue weighted by atomic mass is 19.1. The molecule has 2 saturated heterocycles. The average Bonchev–Trinajstić information content (AvgIpc) is 3.00. The highest BCUT2D eigenvalue weighted by Gasteiger charge is 2.30. The normalized spacial score (nSPS) is 21.7. The highest BCUT2D eigenvalue weighted by Crippen LogP contribution is 2.17. The van der Waals surface area contributed by atoms with Gasteiger partial charge in [-0.3, -0.25) is 9.59 Å². The van der Waals surface area contributed by atoms with E-state index in [0.29, 0.717) is 43.9 Å². The molecular formula is C18H23FN2O3. The van der Waals surface area contributed by atoms with Crippen LogP contribution in [0.2, 0.25) is 0 Å². The van der Waals surface area contributed by atoms with Gasteiger partial charge in [0.2, 0.25) is 0 Å². The van der Waals surface area contributed by atoms with Crippen LogP contribution in [0.5, 0.6) is 0 Å². The van der Waals surface area contributed by atoms with Gasteiger partial charge in [0.25, 0.3) is 11.8 Å². The number of carbonyl (C=O) groups excluding carboxylic acids is 2. The van der Waals surface area contributed by atoms with Crippen LogP contribution >= 0.6 is 0 Å². The molecule has 1 atom stereocenters. The Morgan fingerprint density at radius 3 is 2.58 bits per heavy atom. The van der Waals surface area contributed by atoms with E-state index in [-0.39, 0.29) is 23.7 Å². The van der Waals surface area contributed by atoms with E-state index < -0.39 is 0 Å². The first kappa shape index (κ1) is 16.9. The monoisotopic (exact) mass is 334 g/mol. The van der Waals surface area contributed by atoms with Crippen molar-refractivity contribution in [3.05, 3.63) is 35.1 Å². The van der Waals surface area contributed by atoms with Gasteiger partial charge in [0.1, 0.15) is 11.9 Å². The van der Waals surface area contributed by atoms with E-state index in [2.05, 4.69) is 0 Å². The molecule has 130 valence electrons. The Morgan fingerprint density at radius 1 is 1.12 bits per heavy atom. The van der Waals surface area contributed by atoms with Crippen LogP contribution < -0.4 is 0 Å². The van der Waals surface area contributed by atoms with Crippen molar-refractivity contribution in [1.29, 1.82) is 0 Å². The summed E-state index contributed by atoms with van der Waals surface area (Å²) in [4.78, 5) is 28.6. The molecule has 2 heterocycles. The maximum absolute atomic E-state index is 13.4. The maximum atomic E-state index is 13.4. The van der Waals surface area contributed by atoms with Crippen LogP contribution in [0.3, 0.4) is 0 Å². The van der Waals surface area contributed by atoms with E-state index >= 15 is 0 Å². The van der Waals surface area contributed by atoms with Crippen LogP contribution in [0.1, 0.15) is 35.2 Å². The summed E-state index contributed by atoms with van der Waals surface area (Å²) in [6.45, 7) is 4.56. The quantitative estimate of drug-likeness (QED) is 0.831. The third kappa shape index (κ3) is 3.59. The molecule has 0 N–H and O–H groups in total. The Labute approximate surface area is 141 Å². The third-order valence-electron chi connectivity index (χ3n) is 4.70. The van der Waals surface area contributed by atoms with Crippen LogP contribution in [-0.4, -0.2) is 60.5 Å². The van der Waals surface area contributed by atoms with Crippen molar-refractivity contribution in [2.75, 3.05) is 32.8 Å². The molecule has 0 aromatic heterocycles. The number of rotatable bonds is 2. The predicted octanol–water partition coefficient (Wildman–Crippen LogP) is 1.99. The van der Waals surface area contributed by atoms with E-state index in [0.717, 1.165) is 19.3 Å². The van der Waals surface area contributed by atoms with E-state index in [1.165, 1.54) is 12.1 Å². The smallest absolute Gasteiger partial charge is 0.253 e. The van der Waals surface area contributed by atoms with Crippen molar-refractivity contribution in [3.8, 4) is 0 Å². The first-order valence-electron chi connectivity index (χ1n) is 8.52. The first-order valence-corrected chi connectivity index (χ1v) is 8.52. The lowest BCUT2D eigenvalue weighted by molar-refractivity contribution is -0.140. The molecule has 1 aromatic carbocycles.